The van der Waals surface area contributed by atoms with Crippen molar-refractivity contribution in [1.29, 1.82) is 0 Å². The van der Waals surface area contributed by atoms with Crippen molar-refractivity contribution in [1.82, 2.24) is 9.97 Å². The van der Waals surface area contributed by atoms with Crippen LogP contribution in [0.3, 0.4) is 0 Å². The number of aromatic nitrogens is 2. The van der Waals surface area contributed by atoms with E-state index < -0.39 is 12.8 Å². The quantitative estimate of drug-likeness (QED) is 0.695. The molecule has 1 rings (SSSR count). The second kappa shape index (κ2) is 3.80. The Balaban J connectivity index is 2.90. The van der Waals surface area contributed by atoms with Crippen LogP contribution in [-0.4, -0.2) is 23.9 Å². The van der Waals surface area contributed by atoms with Crippen LogP contribution in [0.4, 0.5) is 14.7 Å². The van der Waals surface area contributed by atoms with E-state index in [-0.39, 0.29) is 11.8 Å². The lowest BCUT2D eigenvalue weighted by molar-refractivity contribution is 0.184. The fraction of sp³-hybridized carbons (Fsp3) is 0.333. The number of halogens is 2. The maximum Gasteiger partial charge on any atom is 0.230 e. The fourth-order valence-corrected chi connectivity index (χ4v) is 0.639. The normalized spacial score (nSPS) is 9.58. The first-order valence-corrected chi connectivity index (χ1v) is 3.17. The summed E-state index contributed by atoms with van der Waals surface area (Å²) in [4.78, 5) is 6.96. The predicted molar refractivity (Wildman–Crippen MR) is 38.1 cm³/mol. The lowest BCUT2D eigenvalue weighted by atomic mass is 10.6. The molecule has 0 aromatic carbocycles. The first-order chi connectivity index (χ1) is 5.76. The Labute approximate surface area is 67.6 Å². The first kappa shape index (κ1) is 8.63. The van der Waals surface area contributed by atoms with Gasteiger partial charge in [0.15, 0.2) is 0 Å². The number of anilines is 1. The Bertz CT molecular complexity index is 269. The smallest absolute Gasteiger partial charge is 0.230 e. The van der Waals surface area contributed by atoms with Crippen LogP contribution in [0.1, 0.15) is 0 Å². The highest BCUT2D eigenvalue weighted by Gasteiger charge is 2.02. The Morgan fingerprint density at radius 3 is 2.92 bits per heavy atom. The molecule has 0 amide bonds. The van der Waals surface area contributed by atoms with Crippen molar-refractivity contribution in [3.8, 4) is 5.88 Å². The Kier molecular flexibility index (Phi) is 2.73. The standard InChI is InChI=1S/C6H7F2N3O/c1-9-6-10-4(8)2-5(11-6)12-3-7/h2H,3H2,1H3,(H,9,10,11). The summed E-state index contributed by atoms with van der Waals surface area (Å²) in [5.41, 5.74) is 0. The van der Waals surface area contributed by atoms with Crippen LogP contribution in [-0.2, 0) is 0 Å². The minimum atomic E-state index is -1.04. The van der Waals surface area contributed by atoms with Crippen LogP contribution in [0, 0.1) is 5.95 Å². The summed E-state index contributed by atoms with van der Waals surface area (Å²) in [6, 6.07) is 0.903. The number of hydrogen-bond donors (Lipinski definition) is 1. The molecule has 0 aliphatic carbocycles. The highest BCUT2D eigenvalue weighted by molar-refractivity contribution is 5.26. The largest absolute Gasteiger partial charge is 0.446 e. The number of ether oxygens (including phenoxy) is 1. The van der Waals surface area contributed by atoms with E-state index in [1.165, 1.54) is 7.05 Å². The van der Waals surface area contributed by atoms with Crippen LogP contribution < -0.4 is 10.1 Å². The second-order valence-corrected chi connectivity index (χ2v) is 1.86. The van der Waals surface area contributed by atoms with E-state index in [4.69, 9.17) is 0 Å². The van der Waals surface area contributed by atoms with E-state index >= 15 is 0 Å². The predicted octanol–water partition coefficient (Wildman–Crippen LogP) is 0.963. The van der Waals surface area contributed by atoms with E-state index in [0.717, 1.165) is 6.07 Å². The van der Waals surface area contributed by atoms with Gasteiger partial charge in [0, 0.05) is 7.05 Å². The highest BCUT2D eigenvalue weighted by atomic mass is 19.1. The van der Waals surface area contributed by atoms with Crippen molar-refractivity contribution in [3.05, 3.63) is 12.0 Å². The molecule has 1 aromatic rings. The summed E-state index contributed by atoms with van der Waals surface area (Å²) >= 11 is 0. The van der Waals surface area contributed by atoms with E-state index in [1.54, 1.807) is 0 Å². The summed E-state index contributed by atoms with van der Waals surface area (Å²) in [6.07, 6.45) is 0. The van der Waals surface area contributed by atoms with Gasteiger partial charge in [-0.3, -0.25) is 0 Å². The van der Waals surface area contributed by atoms with Crippen molar-refractivity contribution >= 4 is 5.95 Å². The van der Waals surface area contributed by atoms with Crippen LogP contribution in [0.25, 0.3) is 0 Å². The van der Waals surface area contributed by atoms with Crippen LogP contribution in [0.2, 0.25) is 0 Å². The third kappa shape index (κ3) is 2.01. The summed E-state index contributed by atoms with van der Waals surface area (Å²) < 4.78 is 28.5. The molecule has 0 aliphatic heterocycles. The molecule has 0 bridgehead atoms. The molecular weight excluding hydrogens is 168 g/mol. The molecule has 1 N–H and O–H groups in total. The fourth-order valence-electron chi connectivity index (χ4n) is 0.639. The van der Waals surface area contributed by atoms with E-state index in [1.807, 2.05) is 0 Å². The van der Waals surface area contributed by atoms with Gasteiger partial charge in [0.2, 0.25) is 24.6 Å². The molecule has 66 valence electrons. The average Bonchev–Trinajstić information content (AvgIpc) is 2.04. The minimum absolute atomic E-state index is 0.0541. The van der Waals surface area contributed by atoms with Crippen LogP contribution >= 0.6 is 0 Å². The topological polar surface area (TPSA) is 47.0 Å². The maximum absolute atomic E-state index is 12.5. The minimum Gasteiger partial charge on any atom is -0.446 e. The molecule has 12 heavy (non-hydrogen) atoms. The summed E-state index contributed by atoms with van der Waals surface area (Å²) in [6.45, 7) is -1.04. The molecule has 0 radical (unpaired) electrons. The molecule has 0 fully saturated rings. The molecule has 0 unspecified atom stereocenters. The number of alkyl halides is 1. The highest BCUT2D eigenvalue weighted by Crippen LogP contribution is 2.10. The van der Waals surface area contributed by atoms with E-state index in [9.17, 15) is 8.78 Å². The van der Waals surface area contributed by atoms with Gasteiger partial charge in [-0.1, -0.05) is 0 Å². The summed E-state index contributed by atoms with van der Waals surface area (Å²) in [7, 11) is 1.52. The third-order valence-corrected chi connectivity index (χ3v) is 1.10. The number of rotatable bonds is 3. The van der Waals surface area contributed by atoms with Gasteiger partial charge in [0.1, 0.15) is 0 Å². The molecular formula is C6H7F2N3O. The molecule has 4 nitrogen and oxygen atoms in total. The Morgan fingerprint density at radius 2 is 2.33 bits per heavy atom. The van der Waals surface area contributed by atoms with Gasteiger partial charge in [0.05, 0.1) is 6.07 Å². The zero-order valence-electron chi connectivity index (χ0n) is 6.34. The van der Waals surface area contributed by atoms with Crippen LogP contribution in [0.15, 0.2) is 6.07 Å². The second-order valence-electron chi connectivity index (χ2n) is 1.86. The Hall–Kier alpha value is -1.46. The van der Waals surface area contributed by atoms with Gasteiger partial charge >= 0.3 is 0 Å². The monoisotopic (exact) mass is 175 g/mol. The zero-order chi connectivity index (χ0) is 8.97. The van der Waals surface area contributed by atoms with Gasteiger partial charge in [-0.15, -0.1) is 0 Å². The first-order valence-electron chi connectivity index (χ1n) is 3.17. The molecule has 0 saturated carbocycles. The average molecular weight is 175 g/mol. The molecule has 0 spiro atoms. The van der Waals surface area contributed by atoms with Gasteiger partial charge in [-0.25, -0.2) is 4.39 Å². The maximum atomic E-state index is 12.5. The molecule has 0 atom stereocenters. The van der Waals surface area contributed by atoms with Crippen molar-refractivity contribution in [3.63, 3.8) is 0 Å². The van der Waals surface area contributed by atoms with Crippen molar-refractivity contribution in [2.24, 2.45) is 0 Å². The number of nitrogens with one attached hydrogen (secondary N) is 1. The summed E-state index contributed by atoms with van der Waals surface area (Å²) in [5, 5.41) is 2.50. The lowest BCUT2D eigenvalue weighted by Crippen LogP contribution is -2.01. The van der Waals surface area contributed by atoms with Crippen molar-refractivity contribution in [2.45, 2.75) is 0 Å². The van der Waals surface area contributed by atoms with Gasteiger partial charge in [-0.2, -0.15) is 14.4 Å². The molecule has 0 saturated heterocycles. The van der Waals surface area contributed by atoms with Crippen LogP contribution in [0.5, 0.6) is 5.88 Å². The SMILES string of the molecule is CNc1nc(F)cc(OCF)n1. The third-order valence-electron chi connectivity index (χ3n) is 1.10. The van der Waals surface area contributed by atoms with E-state index in [2.05, 4.69) is 20.0 Å². The van der Waals surface area contributed by atoms with Gasteiger partial charge < -0.3 is 10.1 Å². The number of hydrogen-bond acceptors (Lipinski definition) is 4. The van der Waals surface area contributed by atoms with Crippen molar-refractivity contribution in [2.75, 3.05) is 19.2 Å². The summed E-state index contributed by atoms with van der Waals surface area (Å²) in [5.74, 6) is -0.842. The molecule has 1 aromatic heterocycles. The zero-order valence-corrected chi connectivity index (χ0v) is 6.34. The number of nitrogens with zero attached hydrogens (tertiary/aromatic N) is 2. The molecule has 6 heteroatoms. The van der Waals surface area contributed by atoms with Gasteiger partial charge in [0.25, 0.3) is 0 Å². The Morgan fingerprint density at radius 1 is 1.58 bits per heavy atom. The molecule has 0 aliphatic rings. The van der Waals surface area contributed by atoms with Crippen molar-refractivity contribution < 1.29 is 13.5 Å². The van der Waals surface area contributed by atoms with E-state index in [0.29, 0.717) is 0 Å². The lowest BCUT2D eigenvalue weighted by Gasteiger charge is -2.02. The molecule has 1 heterocycles. The van der Waals surface area contributed by atoms with Gasteiger partial charge in [-0.05, 0) is 0 Å².